The Labute approximate surface area is 121 Å². The van der Waals surface area contributed by atoms with Crippen molar-refractivity contribution in [2.75, 3.05) is 26.7 Å². The molecule has 0 spiro atoms. The number of hydrogen-bond donors (Lipinski definition) is 3. The van der Waals surface area contributed by atoms with Crippen LogP contribution in [0.3, 0.4) is 0 Å². The molecule has 8 heteroatoms. The minimum absolute atomic E-state index is 0.0291. The fourth-order valence-electron chi connectivity index (χ4n) is 2.42. The molecule has 1 saturated heterocycles. The molecule has 8 nitrogen and oxygen atoms in total. The zero-order valence-electron chi connectivity index (χ0n) is 12.2. The zero-order chi connectivity index (χ0) is 15.6. The highest BCUT2D eigenvalue weighted by molar-refractivity contribution is 5.02. The molecular formula is C13H21N3O5. The van der Waals surface area contributed by atoms with E-state index in [9.17, 15) is 14.7 Å². The summed E-state index contributed by atoms with van der Waals surface area (Å²) in [6.07, 6.45) is -0.0157. The van der Waals surface area contributed by atoms with Gasteiger partial charge in [0.1, 0.15) is 6.23 Å². The average Bonchev–Trinajstić information content (AvgIpc) is 2.75. The molecule has 0 bridgehead atoms. The van der Waals surface area contributed by atoms with Gasteiger partial charge < -0.3 is 19.8 Å². The Kier molecular flexibility index (Phi) is 4.94. The number of aryl methyl sites for hydroxylation is 1. The van der Waals surface area contributed by atoms with Gasteiger partial charge in [0, 0.05) is 31.3 Å². The van der Waals surface area contributed by atoms with Crippen LogP contribution in [0.15, 0.2) is 15.8 Å². The minimum Gasteiger partial charge on any atom is -0.395 e. The van der Waals surface area contributed by atoms with Gasteiger partial charge in [-0.15, -0.1) is 0 Å². The molecule has 0 radical (unpaired) electrons. The molecule has 3 N–H and O–H groups in total. The van der Waals surface area contributed by atoms with E-state index >= 15 is 0 Å². The molecule has 0 aromatic carbocycles. The molecule has 3 atom stereocenters. The van der Waals surface area contributed by atoms with Gasteiger partial charge >= 0.3 is 5.69 Å². The van der Waals surface area contributed by atoms with E-state index in [0.29, 0.717) is 18.7 Å². The Hall–Kier alpha value is -1.48. The van der Waals surface area contributed by atoms with Gasteiger partial charge in [-0.3, -0.25) is 14.3 Å². The van der Waals surface area contributed by atoms with E-state index in [1.807, 2.05) is 11.9 Å². The smallest absolute Gasteiger partial charge is 0.330 e. The topological polar surface area (TPSA) is 108 Å². The molecule has 0 amide bonds. The second-order valence-electron chi connectivity index (χ2n) is 5.40. The fourth-order valence-corrected chi connectivity index (χ4v) is 2.42. The van der Waals surface area contributed by atoms with Crippen molar-refractivity contribution in [3.8, 4) is 0 Å². The van der Waals surface area contributed by atoms with Crippen LogP contribution in [0.25, 0.3) is 0 Å². The van der Waals surface area contributed by atoms with Gasteiger partial charge in [-0.05, 0) is 14.0 Å². The lowest BCUT2D eigenvalue weighted by Gasteiger charge is -2.22. The van der Waals surface area contributed by atoms with Crippen molar-refractivity contribution in [2.24, 2.45) is 0 Å². The molecule has 1 aliphatic heterocycles. The van der Waals surface area contributed by atoms with Crippen molar-refractivity contribution < 1.29 is 14.9 Å². The number of aliphatic hydroxyl groups excluding tert-OH is 2. The number of hydrogen-bond acceptors (Lipinski definition) is 6. The number of likely N-dealkylation sites (N-methyl/N-ethyl adjacent to an activating group) is 1. The summed E-state index contributed by atoms with van der Waals surface area (Å²) in [6, 6.07) is 0. The highest BCUT2D eigenvalue weighted by Gasteiger charge is 2.36. The number of aromatic amines is 1. The van der Waals surface area contributed by atoms with Gasteiger partial charge in [-0.2, -0.15) is 0 Å². The van der Waals surface area contributed by atoms with Crippen molar-refractivity contribution in [3.63, 3.8) is 0 Å². The molecule has 3 unspecified atom stereocenters. The molecular weight excluding hydrogens is 278 g/mol. The van der Waals surface area contributed by atoms with E-state index in [4.69, 9.17) is 9.84 Å². The molecule has 0 aliphatic carbocycles. The van der Waals surface area contributed by atoms with Crippen LogP contribution in [0.1, 0.15) is 18.2 Å². The second kappa shape index (κ2) is 6.52. The number of ether oxygens (including phenoxy) is 1. The summed E-state index contributed by atoms with van der Waals surface area (Å²) in [6.45, 7) is 2.57. The third-order valence-corrected chi connectivity index (χ3v) is 3.63. The molecule has 1 aromatic heterocycles. The predicted molar refractivity (Wildman–Crippen MR) is 75.2 cm³/mol. The van der Waals surface area contributed by atoms with E-state index in [2.05, 4.69) is 4.98 Å². The van der Waals surface area contributed by atoms with Gasteiger partial charge in [0.2, 0.25) is 0 Å². The molecule has 21 heavy (non-hydrogen) atoms. The third kappa shape index (κ3) is 3.59. The first-order chi connectivity index (χ1) is 9.92. The Morgan fingerprint density at radius 1 is 1.52 bits per heavy atom. The van der Waals surface area contributed by atoms with Crippen molar-refractivity contribution in [2.45, 2.75) is 31.8 Å². The van der Waals surface area contributed by atoms with Crippen molar-refractivity contribution >= 4 is 0 Å². The van der Waals surface area contributed by atoms with Gasteiger partial charge in [-0.1, -0.05) is 0 Å². The lowest BCUT2D eigenvalue weighted by Crippen LogP contribution is -2.37. The van der Waals surface area contributed by atoms with Crippen LogP contribution < -0.4 is 11.2 Å². The summed E-state index contributed by atoms with van der Waals surface area (Å²) in [7, 11) is 1.82. The monoisotopic (exact) mass is 299 g/mol. The molecule has 1 aliphatic rings. The summed E-state index contributed by atoms with van der Waals surface area (Å²) in [5, 5.41) is 18.9. The minimum atomic E-state index is -0.699. The number of nitrogens with one attached hydrogen (secondary N) is 1. The lowest BCUT2D eigenvalue weighted by molar-refractivity contribution is -0.0344. The maximum absolute atomic E-state index is 11.8. The molecule has 118 valence electrons. The maximum Gasteiger partial charge on any atom is 0.330 e. The first kappa shape index (κ1) is 15.9. The van der Waals surface area contributed by atoms with E-state index in [1.165, 1.54) is 10.8 Å². The number of rotatable bonds is 5. The Morgan fingerprint density at radius 3 is 2.90 bits per heavy atom. The summed E-state index contributed by atoms with van der Waals surface area (Å²) >= 11 is 0. The standard InChI is InChI=1S/C13H21N3O5/c1-8-6-16(13(20)14-12(8)19)11-5-9(18)10(21-11)7-15(2)3-4-17/h6,9-11,17-18H,3-5,7H2,1-2H3,(H,14,19,20). The largest absolute Gasteiger partial charge is 0.395 e. The van der Waals surface area contributed by atoms with Crippen LogP contribution in [0, 0.1) is 6.92 Å². The first-order valence-electron chi connectivity index (χ1n) is 6.87. The highest BCUT2D eigenvalue weighted by atomic mass is 16.5. The third-order valence-electron chi connectivity index (χ3n) is 3.63. The van der Waals surface area contributed by atoms with Gasteiger partial charge in [0.05, 0.1) is 18.8 Å². The highest BCUT2D eigenvalue weighted by Crippen LogP contribution is 2.27. The van der Waals surface area contributed by atoms with E-state index in [-0.39, 0.29) is 13.0 Å². The molecule has 1 aromatic rings. The molecule has 1 fully saturated rings. The van der Waals surface area contributed by atoms with Crippen LogP contribution in [0.5, 0.6) is 0 Å². The van der Waals surface area contributed by atoms with Gasteiger partial charge in [0.15, 0.2) is 0 Å². The van der Waals surface area contributed by atoms with Crippen LogP contribution in [-0.4, -0.2) is 63.6 Å². The van der Waals surface area contributed by atoms with E-state index in [0.717, 1.165) is 0 Å². The van der Waals surface area contributed by atoms with E-state index < -0.39 is 29.7 Å². The summed E-state index contributed by atoms with van der Waals surface area (Å²) < 4.78 is 7.02. The van der Waals surface area contributed by atoms with Crippen molar-refractivity contribution in [1.82, 2.24) is 14.5 Å². The van der Waals surface area contributed by atoms with Gasteiger partial charge in [-0.25, -0.2) is 4.79 Å². The number of aliphatic hydroxyl groups is 2. The van der Waals surface area contributed by atoms with Crippen LogP contribution in [0.2, 0.25) is 0 Å². The first-order valence-corrected chi connectivity index (χ1v) is 6.87. The fraction of sp³-hybridized carbons (Fsp3) is 0.692. The van der Waals surface area contributed by atoms with Crippen molar-refractivity contribution in [1.29, 1.82) is 0 Å². The zero-order valence-corrected chi connectivity index (χ0v) is 12.2. The SMILES string of the molecule is Cc1cn(C2CC(O)C(CN(C)CCO)O2)c(=O)[nH]c1=O. The molecule has 2 rings (SSSR count). The number of aromatic nitrogens is 2. The van der Waals surface area contributed by atoms with E-state index in [1.54, 1.807) is 6.92 Å². The predicted octanol–water partition coefficient (Wildman–Crippen LogP) is -1.58. The summed E-state index contributed by atoms with van der Waals surface area (Å²) in [5.41, 5.74) is -0.560. The van der Waals surface area contributed by atoms with Crippen molar-refractivity contribution in [3.05, 3.63) is 32.6 Å². The number of nitrogens with zero attached hydrogens (tertiary/aromatic N) is 2. The Bertz CT molecular complexity index is 596. The maximum atomic E-state index is 11.8. The average molecular weight is 299 g/mol. The molecule has 0 saturated carbocycles. The summed E-state index contributed by atoms with van der Waals surface area (Å²) in [5.74, 6) is 0. The Balaban J connectivity index is 2.12. The lowest BCUT2D eigenvalue weighted by atomic mass is 10.1. The second-order valence-corrected chi connectivity index (χ2v) is 5.40. The summed E-state index contributed by atoms with van der Waals surface area (Å²) in [4.78, 5) is 27.2. The van der Waals surface area contributed by atoms with Crippen LogP contribution >= 0.6 is 0 Å². The van der Waals surface area contributed by atoms with Gasteiger partial charge in [0.25, 0.3) is 5.56 Å². The number of H-pyrrole nitrogens is 1. The van der Waals surface area contributed by atoms with Crippen LogP contribution in [-0.2, 0) is 4.74 Å². The molecule has 2 heterocycles. The van der Waals surface area contributed by atoms with Crippen LogP contribution in [0.4, 0.5) is 0 Å². The Morgan fingerprint density at radius 2 is 2.24 bits per heavy atom. The normalized spacial score (nSPS) is 25.7. The quantitative estimate of drug-likeness (QED) is 0.605.